The van der Waals surface area contributed by atoms with Crippen LogP contribution in [0.25, 0.3) is 0 Å². The van der Waals surface area contributed by atoms with Crippen molar-refractivity contribution < 1.29 is 14.2 Å². The van der Waals surface area contributed by atoms with Gasteiger partial charge in [0, 0.05) is 20.7 Å². The molecule has 0 spiro atoms. The molecule has 0 bridgehead atoms. The lowest BCUT2D eigenvalue weighted by Crippen LogP contribution is -2.47. The molecule has 0 aliphatic rings. The number of nitrogens with one attached hydrogen (secondary N) is 2. The lowest BCUT2D eigenvalue weighted by Gasteiger charge is -2.25. The van der Waals surface area contributed by atoms with Crippen molar-refractivity contribution >= 4 is 5.96 Å². The molecule has 0 saturated carbocycles. The molecule has 6 heteroatoms. The maximum Gasteiger partial charge on any atom is 0.191 e. The van der Waals surface area contributed by atoms with Gasteiger partial charge in [-0.15, -0.1) is 0 Å². The Morgan fingerprint density at radius 3 is 2.39 bits per heavy atom. The van der Waals surface area contributed by atoms with Gasteiger partial charge in [-0.25, -0.2) is 0 Å². The molecule has 0 aliphatic carbocycles. The van der Waals surface area contributed by atoms with Crippen LogP contribution < -0.4 is 20.1 Å². The molecule has 1 atom stereocenters. The first-order valence-electron chi connectivity index (χ1n) is 7.71. The van der Waals surface area contributed by atoms with Crippen molar-refractivity contribution in [2.45, 2.75) is 32.5 Å². The zero-order valence-corrected chi connectivity index (χ0v) is 15.0. The molecular formula is C17H29N3O3. The monoisotopic (exact) mass is 323 g/mol. The SMILES string of the molecule is CN=C(NCC(C)Oc1ccccc1OC)NCC(C)(C)OC. The van der Waals surface area contributed by atoms with E-state index in [1.165, 1.54) is 0 Å². The number of hydrogen-bond donors (Lipinski definition) is 2. The minimum absolute atomic E-state index is 0.0414. The second-order valence-corrected chi connectivity index (χ2v) is 5.85. The molecule has 0 radical (unpaired) electrons. The van der Waals surface area contributed by atoms with Crippen LogP contribution in [-0.4, -0.2) is 52.0 Å². The van der Waals surface area contributed by atoms with Crippen molar-refractivity contribution in [1.29, 1.82) is 0 Å². The van der Waals surface area contributed by atoms with E-state index in [-0.39, 0.29) is 11.7 Å². The van der Waals surface area contributed by atoms with Gasteiger partial charge < -0.3 is 24.8 Å². The minimum Gasteiger partial charge on any atom is -0.493 e. The number of para-hydroxylation sites is 2. The minimum atomic E-state index is -0.253. The third-order valence-corrected chi connectivity index (χ3v) is 3.41. The van der Waals surface area contributed by atoms with Gasteiger partial charge in [0.05, 0.1) is 19.3 Å². The quantitative estimate of drug-likeness (QED) is 0.566. The number of hydrogen-bond acceptors (Lipinski definition) is 4. The van der Waals surface area contributed by atoms with Gasteiger partial charge in [-0.1, -0.05) is 12.1 Å². The molecule has 0 heterocycles. The van der Waals surface area contributed by atoms with Crippen molar-refractivity contribution in [3.63, 3.8) is 0 Å². The predicted octanol–water partition coefficient (Wildman–Crippen LogP) is 2.05. The standard InChI is InChI=1S/C17H29N3O3/c1-13(23-15-10-8-7-9-14(15)21-5)11-19-16(18-4)20-12-17(2,3)22-6/h7-10,13H,11-12H2,1-6H3,(H2,18,19,20). The summed E-state index contributed by atoms with van der Waals surface area (Å²) in [5.74, 6) is 2.17. The summed E-state index contributed by atoms with van der Waals surface area (Å²) in [6.07, 6.45) is -0.0414. The van der Waals surface area contributed by atoms with Crippen molar-refractivity contribution in [2.24, 2.45) is 4.99 Å². The van der Waals surface area contributed by atoms with E-state index in [4.69, 9.17) is 14.2 Å². The lowest BCUT2D eigenvalue weighted by atomic mass is 10.1. The number of rotatable bonds is 8. The molecule has 1 unspecified atom stereocenters. The van der Waals surface area contributed by atoms with Crippen LogP contribution in [0.2, 0.25) is 0 Å². The Morgan fingerprint density at radius 2 is 1.83 bits per heavy atom. The first-order chi connectivity index (χ1) is 10.9. The molecule has 6 nitrogen and oxygen atoms in total. The van der Waals surface area contributed by atoms with Crippen molar-refractivity contribution in [3.05, 3.63) is 24.3 Å². The summed E-state index contributed by atoms with van der Waals surface area (Å²) in [5, 5.41) is 6.48. The Labute approximate surface area is 139 Å². The Bertz CT molecular complexity index is 504. The van der Waals surface area contributed by atoms with Crippen LogP contribution in [0.1, 0.15) is 20.8 Å². The molecule has 0 aromatic heterocycles. The first kappa shape index (κ1) is 19.1. The summed E-state index contributed by atoms with van der Waals surface area (Å²) in [4.78, 5) is 4.20. The molecule has 1 aromatic carbocycles. The van der Waals surface area contributed by atoms with Gasteiger partial charge in [0.25, 0.3) is 0 Å². The van der Waals surface area contributed by atoms with Crippen LogP contribution in [0.3, 0.4) is 0 Å². The fraction of sp³-hybridized carbons (Fsp3) is 0.588. The smallest absolute Gasteiger partial charge is 0.191 e. The summed E-state index contributed by atoms with van der Waals surface area (Å²) < 4.78 is 16.6. The van der Waals surface area contributed by atoms with E-state index in [0.29, 0.717) is 19.0 Å². The van der Waals surface area contributed by atoms with Gasteiger partial charge in [-0.2, -0.15) is 0 Å². The van der Waals surface area contributed by atoms with Gasteiger partial charge in [-0.05, 0) is 32.9 Å². The van der Waals surface area contributed by atoms with E-state index in [0.717, 1.165) is 11.5 Å². The molecule has 23 heavy (non-hydrogen) atoms. The van der Waals surface area contributed by atoms with Crippen LogP contribution in [0.5, 0.6) is 11.5 Å². The van der Waals surface area contributed by atoms with Crippen molar-refractivity contribution in [3.8, 4) is 11.5 Å². The highest BCUT2D eigenvalue weighted by Gasteiger charge is 2.17. The summed E-state index contributed by atoms with van der Waals surface area (Å²) in [6, 6.07) is 7.61. The second-order valence-electron chi connectivity index (χ2n) is 5.85. The van der Waals surface area contributed by atoms with Gasteiger partial charge in [-0.3, -0.25) is 4.99 Å². The van der Waals surface area contributed by atoms with E-state index in [2.05, 4.69) is 15.6 Å². The average molecular weight is 323 g/mol. The van der Waals surface area contributed by atoms with Gasteiger partial charge in [0.15, 0.2) is 17.5 Å². The molecule has 0 amide bonds. The third kappa shape index (κ3) is 6.78. The average Bonchev–Trinajstić information content (AvgIpc) is 2.55. The number of guanidine groups is 1. The van der Waals surface area contributed by atoms with Gasteiger partial charge in [0.2, 0.25) is 0 Å². The lowest BCUT2D eigenvalue weighted by molar-refractivity contribution is 0.0268. The van der Waals surface area contributed by atoms with Gasteiger partial charge in [0.1, 0.15) is 6.10 Å². The molecule has 1 aromatic rings. The fourth-order valence-electron chi connectivity index (χ4n) is 1.80. The number of methoxy groups -OCH3 is 2. The maximum atomic E-state index is 5.90. The maximum absolute atomic E-state index is 5.90. The zero-order chi connectivity index (χ0) is 17.3. The highest BCUT2D eigenvalue weighted by Crippen LogP contribution is 2.26. The molecule has 0 fully saturated rings. The zero-order valence-electron chi connectivity index (χ0n) is 15.0. The predicted molar refractivity (Wildman–Crippen MR) is 93.5 cm³/mol. The van der Waals surface area contributed by atoms with Crippen molar-refractivity contribution in [2.75, 3.05) is 34.4 Å². The number of ether oxygens (including phenoxy) is 3. The summed E-state index contributed by atoms with van der Waals surface area (Å²) >= 11 is 0. The highest BCUT2D eigenvalue weighted by molar-refractivity contribution is 5.79. The Balaban J connectivity index is 2.46. The molecule has 0 aliphatic heterocycles. The summed E-state index contributed by atoms with van der Waals surface area (Å²) in [7, 11) is 5.07. The molecular weight excluding hydrogens is 294 g/mol. The Kier molecular flexibility index (Phi) is 7.68. The molecule has 130 valence electrons. The summed E-state index contributed by atoms with van der Waals surface area (Å²) in [6.45, 7) is 7.29. The second kappa shape index (κ2) is 9.25. The van der Waals surface area contributed by atoms with Gasteiger partial charge >= 0.3 is 0 Å². The highest BCUT2D eigenvalue weighted by atomic mass is 16.5. The molecule has 0 saturated heterocycles. The van der Waals surface area contributed by atoms with Crippen LogP contribution >= 0.6 is 0 Å². The molecule has 2 N–H and O–H groups in total. The van der Waals surface area contributed by atoms with E-state index >= 15 is 0 Å². The fourth-order valence-corrected chi connectivity index (χ4v) is 1.80. The number of benzene rings is 1. The molecule has 1 rings (SSSR count). The van der Waals surface area contributed by atoms with Crippen LogP contribution in [0.4, 0.5) is 0 Å². The normalized spacial score (nSPS) is 13.4. The van der Waals surface area contributed by atoms with E-state index in [1.54, 1.807) is 21.3 Å². The summed E-state index contributed by atoms with van der Waals surface area (Å²) in [5.41, 5.74) is -0.253. The largest absolute Gasteiger partial charge is 0.493 e. The van der Waals surface area contributed by atoms with E-state index < -0.39 is 0 Å². The topological polar surface area (TPSA) is 64.1 Å². The Hall–Kier alpha value is -1.95. The van der Waals surface area contributed by atoms with Crippen LogP contribution in [0, 0.1) is 0 Å². The van der Waals surface area contributed by atoms with Crippen molar-refractivity contribution in [1.82, 2.24) is 10.6 Å². The number of nitrogens with zero attached hydrogens (tertiary/aromatic N) is 1. The van der Waals surface area contributed by atoms with Crippen LogP contribution in [-0.2, 0) is 4.74 Å². The number of aliphatic imine (C=N–C) groups is 1. The Morgan fingerprint density at radius 1 is 1.17 bits per heavy atom. The van der Waals surface area contributed by atoms with E-state index in [1.807, 2.05) is 45.0 Å². The first-order valence-corrected chi connectivity index (χ1v) is 7.71. The van der Waals surface area contributed by atoms with Crippen LogP contribution in [0.15, 0.2) is 29.3 Å². The third-order valence-electron chi connectivity index (χ3n) is 3.41. The van der Waals surface area contributed by atoms with E-state index in [9.17, 15) is 0 Å².